The van der Waals surface area contributed by atoms with Crippen LogP contribution in [-0.2, 0) is 14.3 Å². The number of carboxylic acids is 1. The second-order valence-corrected chi connectivity index (χ2v) is 3.37. The zero-order chi connectivity index (χ0) is 11.4. The maximum Gasteiger partial charge on any atom is 0.326 e. The number of rotatable bonds is 3. The Bertz CT molecular complexity index is 307. The Labute approximate surface area is 88.0 Å². The molecule has 0 bridgehead atoms. The van der Waals surface area contributed by atoms with Crippen LogP contribution in [0.1, 0.15) is 12.8 Å². The molecule has 0 aromatic heterocycles. The van der Waals surface area contributed by atoms with Crippen molar-refractivity contribution in [2.45, 2.75) is 25.0 Å². The Morgan fingerprint density at radius 2 is 2.33 bits per heavy atom. The van der Waals surface area contributed by atoms with E-state index in [9.17, 15) is 9.59 Å². The number of likely N-dealkylation sites (tertiary alicyclic amines) is 1. The average molecular weight is 211 g/mol. The van der Waals surface area contributed by atoms with Crippen molar-refractivity contribution in [2.75, 3.05) is 13.7 Å². The van der Waals surface area contributed by atoms with E-state index in [0.29, 0.717) is 13.0 Å². The van der Waals surface area contributed by atoms with Gasteiger partial charge < -0.3 is 14.7 Å². The molecule has 1 aliphatic rings. The minimum atomic E-state index is -1.01. The van der Waals surface area contributed by atoms with E-state index < -0.39 is 12.0 Å². The van der Waals surface area contributed by atoms with Gasteiger partial charge in [0.05, 0.1) is 12.5 Å². The lowest BCUT2D eigenvalue weighted by atomic mass is 10.2. The number of carboxylic acid groups (broad SMARTS) is 1. The molecule has 1 aliphatic heterocycles. The van der Waals surface area contributed by atoms with Crippen LogP contribution in [0.2, 0.25) is 0 Å². The fourth-order valence-corrected chi connectivity index (χ4v) is 1.67. The first-order valence-electron chi connectivity index (χ1n) is 4.58. The molecule has 15 heavy (non-hydrogen) atoms. The molecule has 82 valence electrons. The Kier molecular flexibility index (Phi) is 3.69. The zero-order valence-electron chi connectivity index (χ0n) is 8.47. The quantitative estimate of drug-likeness (QED) is 0.651. The standard InChI is InChI=1S/C10H13NO4/c1-3-4-9(12)11-6-7(15-2)5-8(11)10(13)14/h1,7-8H,4-6H2,2H3,(H,13,14). The summed E-state index contributed by atoms with van der Waals surface area (Å²) in [4.78, 5) is 23.6. The van der Waals surface area contributed by atoms with E-state index in [1.165, 1.54) is 12.0 Å². The summed E-state index contributed by atoms with van der Waals surface area (Å²) in [6.45, 7) is 0.300. The lowest BCUT2D eigenvalue weighted by molar-refractivity contribution is -0.147. The third-order valence-electron chi connectivity index (χ3n) is 2.45. The van der Waals surface area contributed by atoms with Crippen LogP contribution in [0.25, 0.3) is 0 Å². The number of carbonyl (C=O) groups is 2. The molecule has 5 heteroatoms. The predicted molar refractivity (Wildman–Crippen MR) is 52.0 cm³/mol. The highest BCUT2D eigenvalue weighted by Gasteiger charge is 2.39. The van der Waals surface area contributed by atoms with Crippen LogP contribution in [0.3, 0.4) is 0 Å². The van der Waals surface area contributed by atoms with Crippen LogP contribution in [0.5, 0.6) is 0 Å². The van der Waals surface area contributed by atoms with Gasteiger partial charge in [0, 0.05) is 20.1 Å². The summed E-state index contributed by atoms with van der Waals surface area (Å²) in [7, 11) is 1.50. The fraction of sp³-hybridized carbons (Fsp3) is 0.600. The summed E-state index contributed by atoms with van der Waals surface area (Å²) < 4.78 is 5.04. The number of amides is 1. The van der Waals surface area contributed by atoms with Gasteiger partial charge in [-0.25, -0.2) is 4.79 Å². The lowest BCUT2D eigenvalue weighted by Crippen LogP contribution is -2.40. The first-order chi connectivity index (χ1) is 7.10. The Hall–Kier alpha value is -1.54. The van der Waals surface area contributed by atoms with Gasteiger partial charge in [-0.1, -0.05) is 5.92 Å². The van der Waals surface area contributed by atoms with E-state index in [1.807, 2.05) is 0 Å². The third-order valence-corrected chi connectivity index (χ3v) is 2.45. The van der Waals surface area contributed by atoms with Crippen LogP contribution in [-0.4, -0.2) is 47.7 Å². The second kappa shape index (κ2) is 4.80. The van der Waals surface area contributed by atoms with Crippen LogP contribution >= 0.6 is 0 Å². The first kappa shape index (κ1) is 11.5. The number of methoxy groups -OCH3 is 1. The van der Waals surface area contributed by atoms with Gasteiger partial charge in [0.1, 0.15) is 6.04 Å². The largest absolute Gasteiger partial charge is 0.480 e. The van der Waals surface area contributed by atoms with Crippen molar-refractivity contribution in [1.82, 2.24) is 4.90 Å². The van der Waals surface area contributed by atoms with Crippen molar-refractivity contribution in [1.29, 1.82) is 0 Å². The van der Waals surface area contributed by atoms with Gasteiger partial charge in [-0.3, -0.25) is 4.79 Å². The van der Waals surface area contributed by atoms with E-state index in [-0.39, 0.29) is 18.4 Å². The molecule has 0 saturated carbocycles. The normalized spacial score (nSPS) is 24.9. The molecule has 1 fully saturated rings. The molecule has 1 saturated heterocycles. The fourth-order valence-electron chi connectivity index (χ4n) is 1.67. The molecule has 0 aliphatic carbocycles. The highest BCUT2D eigenvalue weighted by atomic mass is 16.5. The maximum atomic E-state index is 11.5. The van der Waals surface area contributed by atoms with E-state index in [1.54, 1.807) is 0 Å². The summed E-state index contributed by atoms with van der Waals surface area (Å²) >= 11 is 0. The molecule has 0 aromatic rings. The Balaban J connectivity index is 2.73. The molecule has 2 unspecified atom stereocenters. The van der Waals surface area contributed by atoms with Crippen LogP contribution in [0.4, 0.5) is 0 Å². The second-order valence-electron chi connectivity index (χ2n) is 3.37. The lowest BCUT2D eigenvalue weighted by Gasteiger charge is -2.19. The third kappa shape index (κ3) is 2.48. The molecule has 0 radical (unpaired) electrons. The van der Waals surface area contributed by atoms with E-state index >= 15 is 0 Å². The smallest absolute Gasteiger partial charge is 0.326 e. The molecule has 0 aromatic carbocycles. The van der Waals surface area contributed by atoms with Gasteiger partial charge in [0.25, 0.3) is 0 Å². The highest BCUT2D eigenvalue weighted by Crippen LogP contribution is 2.20. The summed E-state index contributed by atoms with van der Waals surface area (Å²) in [6, 6.07) is -0.809. The van der Waals surface area contributed by atoms with Crippen molar-refractivity contribution in [3.05, 3.63) is 0 Å². The topological polar surface area (TPSA) is 66.8 Å². The van der Waals surface area contributed by atoms with Crippen LogP contribution < -0.4 is 0 Å². The molecule has 0 spiro atoms. The van der Waals surface area contributed by atoms with Crippen molar-refractivity contribution >= 4 is 11.9 Å². The summed E-state index contributed by atoms with van der Waals surface area (Å²) in [5.41, 5.74) is 0. The van der Waals surface area contributed by atoms with Crippen LogP contribution in [0.15, 0.2) is 0 Å². The Morgan fingerprint density at radius 3 is 2.80 bits per heavy atom. The van der Waals surface area contributed by atoms with Crippen molar-refractivity contribution in [3.63, 3.8) is 0 Å². The van der Waals surface area contributed by atoms with Crippen molar-refractivity contribution < 1.29 is 19.4 Å². The molecule has 1 amide bonds. The van der Waals surface area contributed by atoms with E-state index in [0.717, 1.165) is 0 Å². The average Bonchev–Trinajstić information content (AvgIpc) is 2.61. The van der Waals surface area contributed by atoms with Gasteiger partial charge in [-0.05, 0) is 0 Å². The van der Waals surface area contributed by atoms with Crippen LogP contribution in [0, 0.1) is 12.3 Å². The van der Waals surface area contributed by atoms with Crippen molar-refractivity contribution in [2.24, 2.45) is 0 Å². The minimum Gasteiger partial charge on any atom is -0.480 e. The van der Waals surface area contributed by atoms with Crippen molar-refractivity contribution in [3.8, 4) is 12.3 Å². The number of ether oxygens (including phenoxy) is 1. The number of terminal acetylenes is 1. The summed E-state index contributed by atoms with van der Waals surface area (Å²) in [6.07, 6.45) is 5.05. The summed E-state index contributed by atoms with van der Waals surface area (Å²) in [5, 5.41) is 8.91. The number of hydrogen-bond donors (Lipinski definition) is 1. The highest BCUT2D eigenvalue weighted by molar-refractivity contribution is 5.85. The predicted octanol–water partition coefficient (Wildman–Crippen LogP) is -0.290. The SMILES string of the molecule is C#CCC(=O)N1CC(OC)CC1C(=O)O. The molecular formula is C10H13NO4. The van der Waals surface area contributed by atoms with E-state index in [2.05, 4.69) is 5.92 Å². The molecule has 1 heterocycles. The molecule has 1 rings (SSSR count). The number of carbonyl (C=O) groups excluding carboxylic acids is 1. The van der Waals surface area contributed by atoms with Gasteiger partial charge in [-0.2, -0.15) is 0 Å². The maximum absolute atomic E-state index is 11.5. The van der Waals surface area contributed by atoms with Gasteiger partial charge >= 0.3 is 5.97 Å². The molecule has 2 atom stereocenters. The van der Waals surface area contributed by atoms with Gasteiger partial charge in [0.2, 0.25) is 5.91 Å². The number of hydrogen-bond acceptors (Lipinski definition) is 3. The Morgan fingerprint density at radius 1 is 1.67 bits per heavy atom. The van der Waals surface area contributed by atoms with Gasteiger partial charge in [-0.15, -0.1) is 6.42 Å². The molecule has 1 N–H and O–H groups in total. The summed E-state index contributed by atoms with van der Waals surface area (Å²) in [5.74, 6) is 0.869. The number of aliphatic carboxylic acids is 1. The molecule has 5 nitrogen and oxygen atoms in total. The van der Waals surface area contributed by atoms with Gasteiger partial charge in [0.15, 0.2) is 0 Å². The zero-order valence-corrected chi connectivity index (χ0v) is 8.47. The number of nitrogens with zero attached hydrogens (tertiary/aromatic N) is 1. The minimum absolute atomic E-state index is 0.0692. The monoisotopic (exact) mass is 211 g/mol. The van der Waals surface area contributed by atoms with E-state index in [4.69, 9.17) is 16.3 Å². The molecular weight excluding hydrogens is 198 g/mol. The first-order valence-corrected chi connectivity index (χ1v) is 4.58.